The van der Waals surface area contributed by atoms with E-state index < -0.39 is 12.9 Å². The zero-order chi connectivity index (χ0) is 10.3. The van der Waals surface area contributed by atoms with E-state index >= 15 is 0 Å². The number of phenols is 1. The van der Waals surface area contributed by atoms with Crippen LogP contribution in [-0.4, -0.2) is 22.3 Å². The van der Waals surface area contributed by atoms with Gasteiger partial charge in [0.2, 0.25) is 0 Å². The Hall–Kier alpha value is -1.11. The minimum atomic E-state index is -1.65. The van der Waals surface area contributed by atoms with Crippen molar-refractivity contribution >= 4 is 34.0 Å². The van der Waals surface area contributed by atoms with Crippen molar-refractivity contribution < 1.29 is 19.5 Å². The van der Waals surface area contributed by atoms with E-state index in [2.05, 4.69) is 0 Å². The molecule has 0 fully saturated rings. The predicted molar refractivity (Wildman–Crippen MR) is 53.3 cm³/mol. The number of hydrogen-bond donors (Lipinski definition) is 3. The smallest absolute Gasteiger partial charge is 0.489 e. The van der Waals surface area contributed by atoms with E-state index in [4.69, 9.17) is 10.0 Å². The number of aromatic hydroxyl groups is 1. The quantitative estimate of drug-likeness (QED) is 0.600. The van der Waals surface area contributed by atoms with Gasteiger partial charge >= 0.3 is 7.12 Å². The van der Waals surface area contributed by atoms with Crippen LogP contribution in [0.15, 0.2) is 17.5 Å². The van der Waals surface area contributed by atoms with Crippen LogP contribution in [0.3, 0.4) is 0 Å². The van der Waals surface area contributed by atoms with Crippen LogP contribution in [0.25, 0.3) is 10.1 Å². The molecule has 0 radical (unpaired) electrons. The van der Waals surface area contributed by atoms with E-state index in [-0.39, 0.29) is 11.2 Å². The summed E-state index contributed by atoms with van der Waals surface area (Å²) in [5.41, 5.74) is 0.208. The maximum Gasteiger partial charge on any atom is 0.489 e. The SMILES string of the molecule is OB(O)c1csc2c(O)cc(F)cc12. The van der Waals surface area contributed by atoms with Gasteiger partial charge in [-0.1, -0.05) is 0 Å². The van der Waals surface area contributed by atoms with Crippen molar-refractivity contribution in [3.8, 4) is 5.75 Å². The molecule has 72 valence electrons. The summed E-state index contributed by atoms with van der Waals surface area (Å²) in [4.78, 5) is 0. The first kappa shape index (κ1) is 9.45. The highest BCUT2D eigenvalue weighted by molar-refractivity contribution is 7.19. The molecule has 0 aliphatic rings. The van der Waals surface area contributed by atoms with Gasteiger partial charge in [-0.15, -0.1) is 11.3 Å². The lowest BCUT2D eigenvalue weighted by Crippen LogP contribution is -2.28. The predicted octanol–water partition coefficient (Wildman–Crippen LogP) is 0.426. The number of fused-ring (bicyclic) bond motifs is 1. The molecule has 2 aromatic rings. The third kappa shape index (κ3) is 1.37. The van der Waals surface area contributed by atoms with Crippen molar-refractivity contribution in [3.05, 3.63) is 23.3 Å². The minimum Gasteiger partial charge on any atom is -0.506 e. The van der Waals surface area contributed by atoms with Crippen LogP contribution in [-0.2, 0) is 0 Å². The molecule has 2 rings (SSSR count). The van der Waals surface area contributed by atoms with Crippen LogP contribution in [0.4, 0.5) is 4.39 Å². The number of thiophene rings is 1. The van der Waals surface area contributed by atoms with Crippen LogP contribution in [0.1, 0.15) is 0 Å². The topological polar surface area (TPSA) is 60.7 Å². The number of halogens is 1. The molecule has 3 N–H and O–H groups in total. The monoisotopic (exact) mass is 212 g/mol. The Morgan fingerprint density at radius 1 is 1.29 bits per heavy atom. The lowest BCUT2D eigenvalue weighted by atomic mass is 9.80. The summed E-state index contributed by atoms with van der Waals surface area (Å²) in [6.07, 6.45) is 0. The van der Waals surface area contributed by atoms with Gasteiger partial charge < -0.3 is 15.2 Å². The molecular weight excluding hydrogens is 206 g/mol. The molecule has 0 unspecified atom stereocenters. The molecule has 0 saturated carbocycles. The molecule has 0 saturated heterocycles. The largest absolute Gasteiger partial charge is 0.506 e. The Labute approximate surface area is 83.2 Å². The Morgan fingerprint density at radius 2 is 2.00 bits per heavy atom. The van der Waals surface area contributed by atoms with E-state index in [1.165, 1.54) is 11.4 Å². The summed E-state index contributed by atoms with van der Waals surface area (Å²) in [7, 11) is -1.65. The molecule has 14 heavy (non-hydrogen) atoms. The van der Waals surface area contributed by atoms with Gasteiger partial charge in [-0.3, -0.25) is 0 Å². The lowest BCUT2D eigenvalue weighted by molar-refractivity contribution is 0.426. The Balaban J connectivity index is 2.78. The average molecular weight is 212 g/mol. The van der Waals surface area contributed by atoms with Crippen molar-refractivity contribution in [1.82, 2.24) is 0 Å². The third-order valence-electron chi connectivity index (χ3n) is 1.93. The van der Waals surface area contributed by atoms with Gasteiger partial charge in [0, 0.05) is 11.5 Å². The summed E-state index contributed by atoms with van der Waals surface area (Å²) in [5.74, 6) is -0.785. The number of benzene rings is 1. The summed E-state index contributed by atoms with van der Waals surface area (Å²) in [6, 6.07) is 2.16. The number of phenolic OH excluding ortho intramolecular Hbond substituents is 1. The second-order valence-corrected chi connectivity index (χ2v) is 3.75. The normalized spacial score (nSPS) is 10.8. The van der Waals surface area contributed by atoms with Gasteiger partial charge in [-0.05, 0) is 16.8 Å². The van der Waals surface area contributed by atoms with Crippen molar-refractivity contribution in [2.75, 3.05) is 0 Å². The van der Waals surface area contributed by atoms with Gasteiger partial charge in [0.25, 0.3) is 0 Å². The fraction of sp³-hybridized carbons (Fsp3) is 0. The molecular formula is C8H6BFO3S. The van der Waals surface area contributed by atoms with Crippen molar-refractivity contribution in [2.24, 2.45) is 0 Å². The van der Waals surface area contributed by atoms with E-state index in [0.717, 1.165) is 17.4 Å². The first-order valence-corrected chi connectivity index (χ1v) is 4.73. The first-order valence-electron chi connectivity index (χ1n) is 3.85. The van der Waals surface area contributed by atoms with Crippen LogP contribution in [0.5, 0.6) is 5.75 Å². The second-order valence-electron chi connectivity index (χ2n) is 2.87. The van der Waals surface area contributed by atoms with Crippen LogP contribution >= 0.6 is 11.3 Å². The molecule has 1 heterocycles. The molecule has 0 aliphatic carbocycles. The highest BCUT2D eigenvalue weighted by atomic mass is 32.1. The molecule has 0 spiro atoms. The Morgan fingerprint density at radius 3 is 2.64 bits per heavy atom. The Kier molecular flexibility index (Phi) is 2.18. The van der Waals surface area contributed by atoms with E-state index in [9.17, 15) is 9.50 Å². The van der Waals surface area contributed by atoms with Gasteiger partial charge in [0.15, 0.2) is 0 Å². The van der Waals surface area contributed by atoms with Crippen LogP contribution < -0.4 is 5.46 Å². The van der Waals surface area contributed by atoms with Gasteiger partial charge in [-0.25, -0.2) is 4.39 Å². The van der Waals surface area contributed by atoms with E-state index in [1.54, 1.807) is 0 Å². The maximum atomic E-state index is 12.9. The summed E-state index contributed by atoms with van der Waals surface area (Å²) < 4.78 is 13.4. The zero-order valence-corrected chi connectivity index (χ0v) is 7.75. The molecule has 1 aromatic heterocycles. The molecule has 0 bridgehead atoms. The highest BCUT2D eigenvalue weighted by Crippen LogP contribution is 2.29. The average Bonchev–Trinajstić information content (AvgIpc) is 2.47. The van der Waals surface area contributed by atoms with Gasteiger partial charge in [0.1, 0.15) is 11.6 Å². The fourth-order valence-electron chi connectivity index (χ4n) is 1.30. The van der Waals surface area contributed by atoms with Crippen LogP contribution in [0, 0.1) is 5.82 Å². The van der Waals surface area contributed by atoms with E-state index in [0.29, 0.717) is 10.1 Å². The number of hydrogen-bond acceptors (Lipinski definition) is 4. The summed E-state index contributed by atoms with van der Waals surface area (Å²) in [5, 5.41) is 29.1. The highest BCUT2D eigenvalue weighted by Gasteiger charge is 2.18. The summed E-state index contributed by atoms with van der Waals surface area (Å²) >= 11 is 1.14. The summed E-state index contributed by atoms with van der Waals surface area (Å²) in [6.45, 7) is 0. The Bertz CT molecular complexity index is 483. The minimum absolute atomic E-state index is 0.183. The molecule has 0 atom stereocenters. The third-order valence-corrected chi connectivity index (χ3v) is 2.96. The molecule has 1 aromatic carbocycles. The number of rotatable bonds is 1. The molecule has 6 heteroatoms. The zero-order valence-electron chi connectivity index (χ0n) is 6.94. The fourth-order valence-corrected chi connectivity index (χ4v) is 2.28. The van der Waals surface area contributed by atoms with Crippen molar-refractivity contribution in [3.63, 3.8) is 0 Å². The lowest BCUT2D eigenvalue weighted by Gasteiger charge is -1.98. The van der Waals surface area contributed by atoms with Crippen LogP contribution in [0.2, 0.25) is 0 Å². The standard InChI is InChI=1S/C8H6BFO3S/c10-4-1-5-6(9(12)13)3-14-8(5)7(11)2-4/h1-3,11-13H. The van der Waals surface area contributed by atoms with E-state index in [1.807, 2.05) is 0 Å². The first-order chi connectivity index (χ1) is 6.59. The molecule has 0 aliphatic heterocycles. The van der Waals surface area contributed by atoms with Gasteiger partial charge in [0.05, 0.1) is 4.70 Å². The van der Waals surface area contributed by atoms with Gasteiger partial charge in [-0.2, -0.15) is 0 Å². The van der Waals surface area contributed by atoms with Crippen molar-refractivity contribution in [1.29, 1.82) is 0 Å². The molecule has 0 amide bonds. The second kappa shape index (κ2) is 3.23. The molecule has 3 nitrogen and oxygen atoms in total. The van der Waals surface area contributed by atoms with Crippen molar-refractivity contribution in [2.45, 2.75) is 0 Å². The maximum absolute atomic E-state index is 12.9.